The molecule has 36 heavy (non-hydrogen) atoms. The summed E-state index contributed by atoms with van der Waals surface area (Å²) in [6.45, 7) is 6.50. The van der Waals surface area contributed by atoms with Gasteiger partial charge in [0.15, 0.2) is 0 Å². The van der Waals surface area contributed by atoms with Crippen molar-refractivity contribution < 1.29 is 9.90 Å². The van der Waals surface area contributed by atoms with Crippen molar-refractivity contribution in [3.63, 3.8) is 0 Å². The molecular weight excluding hydrogens is 494 g/mol. The maximum Gasteiger partial charge on any atom is 0.267 e. The van der Waals surface area contributed by atoms with Crippen LogP contribution in [0.4, 0.5) is 5.82 Å². The highest BCUT2D eigenvalue weighted by Crippen LogP contribution is 2.34. The molecule has 2 aromatic heterocycles. The van der Waals surface area contributed by atoms with Crippen molar-refractivity contribution in [3.05, 3.63) is 45.2 Å². The number of aliphatic hydroxyl groups is 1. The first-order chi connectivity index (χ1) is 17.5. The number of nitrogens with zero attached hydrogens (tertiary/aromatic N) is 5. The van der Waals surface area contributed by atoms with Crippen LogP contribution in [0.15, 0.2) is 34.1 Å². The number of aromatic nitrogens is 2. The number of hydrogen-bond donors (Lipinski definition) is 1. The lowest BCUT2D eigenvalue weighted by molar-refractivity contribution is -0.122. The van der Waals surface area contributed by atoms with Crippen LogP contribution in [-0.2, 0) is 4.79 Å². The second-order valence-electron chi connectivity index (χ2n) is 9.24. The van der Waals surface area contributed by atoms with Crippen LogP contribution in [-0.4, -0.2) is 80.4 Å². The van der Waals surface area contributed by atoms with Crippen LogP contribution in [0, 0.1) is 0 Å². The third-order valence-corrected chi connectivity index (χ3v) is 8.10. The second-order valence-corrected chi connectivity index (χ2v) is 10.9. The standard InChI is InChI=1S/C26H35N5O3S2/c1-2-3-4-5-6-8-12-31-25(34)21(36-26(31)35)19-20-23(29-15-13-28(14-16-29)17-18-32)27-22-10-7-9-11-30(22)24(20)33/h7,9-11,19,32H,2-6,8,12-18H2,1H3. The average Bonchev–Trinajstić information content (AvgIpc) is 3.15. The topological polar surface area (TPSA) is 81.4 Å². The summed E-state index contributed by atoms with van der Waals surface area (Å²) in [5.74, 6) is 0.464. The molecule has 0 bridgehead atoms. The number of amides is 1. The fourth-order valence-electron chi connectivity index (χ4n) is 4.66. The van der Waals surface area contributed by atoms with Gasteiger partial charge >= 0.3 is 0 Å². The van der Waals surface area contributed by atoms with Gasteiger partial charge in [-0.2, -0.15) is 0 Å². The predicted octanol–water partition coefficient (Wildman–Crippen LogP) is 3.37. The lowest BCUT2D eigenvalue weighted by Gasteiger charge is -2.35. The largest absolute Gasteiger partial charge is 0.395 e. The van der Waals surface area contributed by atoms with Crippen LogP contribution in [0.3, 0.4) is 0 Å². The molecule has 0 saturated carbocycles. The molecule has 0 aromatic carbocycles. The minimum Gasteiger partial charge on any atom is -0.395 e. The van der Waals surface area contributed by atoms with Crippen LogP contribution in [0.25, 0.3) is 11.7 Å². The Balaban J connectivity index is 1.58. The molecule has 2 aliphatic rings. The summed E-state index contributed by atoms with van der Waals surface area (Å²) >= 11 is 6.79. The van der Waals surface area contributed by atoms with Gasteiger partial charge in [0.2, 0.25) is 0 Å². The number of pyridine rings is 1. The Morgan fingerprint density at radius 3 is 2.56 bits per heavy atom. The molecule has 0 aliphatic carbocycles. The highest BCUT2D eigenvalue weighted by Gasteiger charge is 2.32. The van der Waals surface area contributed by atoms with Crippen molar-refractivity contribution in [2.45, 2.75) is 45.4 Å². The number of unbranched alkanes of at least 4 members (excludes halogenated alkanes) is 5. The van der Waals surface area contributed by atoms with E-state index in [0.717, 1.165) is 25.9 Å². The van der Waals surface area contributed by atoms with Crippen molar-refractivity contribution in [2.75, 3.05) is 50.8 Å². The summed E-state index contributed by atoms with van der Waals surface area (Å²) in [6.07, 6.45) is 10.3. The summed E-state index contributed by atoms with van der Waals surface area (Å²) in [7, 11) is 0. The average molecular weight is 530 g/mol. The number of thioether (sulfide) groups is 1. The first-order valence-electron chi connectivity index (χ1n) is 12.9. The van der Waals surface area contributed by atoms with E-state index in [1.807, 2.05) is 12.1 Å². The summed E-state index contributed by atoms with van der Waals surface area (Å²) in [5, 5.41) is 9.26. The maximum atomic E-state index is 13.6. The minimum absolute atomic E-state index is 0.126. The Kier molecular flexibility index (Phi) is 9.53. The van der Waals surface area contributed by atoms with Gasteiger partial charge in [-0.05, 0) is 24.6 Å². The van der Waals surface area contributed by atoms with Gasteiger partial charge in [-0.1, -0.05) is 69.1 Å². The lowest BCUT2D eigenvalue weighted by Crippen LogP contribution is -2.48. The van der Waals surface area contributed by atoms with E-state index in [1.165, 1.54) is 41.8 Å². The van der Waals surface area contributed by atoms with E-state index >= 15 is 0 Å². The van der Waals surface area contributed by atoms with Gasteiger partial charge in [0, 0.05) is 45.5 Å². The molecule has 4 rings (SSSR count). The second kappa shape index (κ2) is 12.8. The van der Waals surface area contributed by atoms with Gasteiger partial charge in [-0.25, -0.2) is 4.98 Å². The minimum atomic E-state index is -0.199. The normalized spacial score (nSPS) is 18.2. The van der Waals surface area contributed by atoms with E-state index in [4.69, 9.17) is 17.2 Å². The number of anilines is 1. The molecule has 1 amide bonds. The first kappa shape index (κ1) is 26.8. The van der Waals surface area contributed by atoms with Crippen molar-refractivity contribution in [3.8, 4) is 0 Å². The molecule has 2 aromatic rings. The van der Waals surface area contributed by atoms with Gasteiger partial charge in [-0.3, -0.25) is 23.8 Å². The molecule has 2 aliphatic heterocycles. The Bertz CT molecular complexity index is 1170. The SMILES string of the molecule is CCCCCCCCN1C(=O)C(=Cc2c(N3CCN(CCO)CC3)nc3ccccn3c2=O)SC1=S. The molecule has 10 heteroatoms. The molecule has 2 saturated heterocycles. The number of rotatable bonds is 11. The lowest BCUT2D eigenvalue weighted by atomic mass is 10.1. The van der Waals surface area contributed by atoms with Gasteiger partial charge in [0.25, 0.3) is 11.5 Å². The molecule has 0 unspecified atom stereocenters. The number of carbonyl (C=O) groups is 1. The third-order valence-electron chi connectivity index (χ3n) is 6.72. The van der Waals surface area contributed by atoms with Crippen molar-refractivity contribution in [1.29, 1.82) is 0 Å². The van der Waals surface area contributed by atoms with Gasteiger partial charge in [-0.15, -0.1) is 0 Å². The fraction of sp³-hybridized carbons (Fsp3) is 0.538. The summed E-state index contributed by atoms with van der Waals surface area (Å²) in [5.41, 5.74) is 0.784. The molecular formula is C26H35N5O3S2. The van der Waals surface area contributed by atoms with Gasteiger partial charge in [0.05, 0.1) is 17.1 Å². The molecule has 2 fully saturated rings. The Hall–Kier alpha value is -2.27. The van der Waals surface area contributed by atoms with Gasteiger partial charge in [0.1, 0.15) is 15.8 Å². The van der Waals surface area contributed by atoms with Crippen molar-refractivity contribution in [2.24, 2.45) is 0 Å². The number of β-amino-alcohol motifs (C(OH)–C–C–N with tert-alkyl or cyclic N) is 1. The Morgan fingerprint density at radius 1 is 1.06 bits per heavy atom. The van der Waals surface area contributed by atoms with E-state index in [-0.39, 0.29) is 18.1 Å². The molecule has 8 nitrogen and oxygen atoms in total. The van der Waals surface area contributed by atoms with Crippen LogP contribution in [0.1, 0.15) is 51.0 Å². The van der Waals surface area contributed by atoms with E-state index in [1.54, 1.807) is 23.2 Å². The van der Waals surface area contributed by atoms with E-state index in [2.05, 4.69) is 16.7 Å². The van der Waals surface area contributed by atoms with Crippen LogP contribution in [0.2, 0.25) is 0 Å². The highest BCUT2D eigenvalue weighted by atomic mass is 32.2. The zero-order chi connectivity index (χ0) is 25.5. The zero-order valence-corrected chi connectivity index (χ0v) is 22.5. The number of thiocarbonyl (C=S) groups is 1. The smallest absolute Gasteiger partial charge is 0.267 e. The number of fused-ring (bicyclic) bond motifs is 1. The predicted molar refractivity (Wildman–Crippen MR) is 150 cm³/mol. The fourth-order valence-corrected chi connectivity index (χ4v) is 5.95. The van der Waals surface area contributed by atoms with Crippen LogP contribution in [0.5, 0.6) is 0 Å². The van der Waals surface area contributed by atoms with E-state index in [0.29, 0.717) is 52.4 Å². The Labute approximate surface area is 222 Å². The van der Waals surface area contributed by atoms with Crippen molar-refractivity contribution in [1.82, 2.24) is 19.2 Å². The van der Waals surface area contributed by atoms with E-state index in [9.17, 15) is 14.7 Å². The number of hydrogen-bond acceptors (Lipinski definition) is 8. The third kappa shape index (κ3) is 6.16. The quantitative estimate of drug-likeness (QED) is 0.270. The number of aliphatic hydroxyl groups excluding tert-OH is 1. The summed E-state index contributed by atoms with van der Waals surface area (Å²) < 4.78 is 2.07. The Morgan fingerprint density at radius 2 is 1.81 bits per heavy atom. The monoisotopic (exact) mass is 529 g/mol. The zero-order valence-electron chi connectivity index (χ0n) is 20.9. The van der Waals surface area contributed by atoms with Gasteiger partial charge < -0.3 is 10.0 Å². The number of piperazine rings is 1. The van der Waals surface area contributed by atoms with E-state index < -0.39 is 0 Å². The van der Waals surface area contributed by atoms with Crippen molar-refractivity contribution >= 4 is 51.7 Å². The molecule has 0 atom stereocenters. The molecule has 0 spiro atoms. The first-order valence-corrected chi connectivity index (χ1v) is 14.1. The summed E-state index contributed by atoms with van der Waals surface area (Å²) in [6, 6.07) is 5.47. The molecule has 0 radical (unpaired) electrons. The molecule has 1 N–H and O–H groups in total. The highest BCUT2D eigenvalue weighted by molar-refractivity contribution is 8.26. The van der Waals surface area contributed by atoms with Crippen LogP contribution < -0.4 is 10.5 Å². The summed E-state index contributed by atoms with van der Waals surface area (Å²) in [4.78, 5) is 38.1. The number of carbonyl (C=O) groups excluding carboxylic acids is 1. The molecule has 194 valence electrons. The van der Waals surface area contributed by atoms with Crippen LogP contribution >= 0.6 is 24.0 Å². The maximum absolute atomic E-state index is 13.6. The molecule has 4 heterocycles.